The molecule has 2 heteroatoms. The molecule has 0 bridgehead atoms. The predicted octanol–water partition coefficient (Wildman–Crippen LogP) is 3.13. The lowest BCUT2D eigenvalue weighted by atomic mass is 9.94. The maximum atomic E-state index is 11.2. The molecule has 2 nitrogen and oxygen atoms in total. The van der Waals surface area contributed by atoms with Crippen LogP contribution >= 0.6 is 0 Å². The Balaban J connectivity index is 2.45. The van der Waals surface area contributed by atoms with Crippen LogP contribution in [0.25, 0.3) is 0 Å². The Morgan fingerprint density at radius 2 is 1.75 bits per heavy atom. The molecule has 0 heterocycles. The highest BCUT2D eigenvalue weighted by Gasteiger charge is 2.63. The first kappa shape index (κ1) is 11.2. The molecule has 0 radical (unpaired) electrons. The monoisotopic (exact) mass is 218 g/mol. The van der Waals surface area contributed by atoms with Gasteiger partial charge in [-0.1, -0.05) is 32.0 Å². The van der Waals surface area contributed by atoms with Crippen molar-refractivity contribution in [2.24, 2.45) is 11.3 Å². The van der Waals surface area contributed by atoms with E-state index in [0.29, 0.717) is 0 Å². The SMILES string of the molecule is Cc1cccc(C)c1[C@H]1[C@H](C(=O)O)C1(C)C. The van der Waals surface area contributed by atoms with Crippen molar-refractivity contribution in [1.82, 2.24) is 0 Å². The molecule has 0 amide bonds. The summed E-state index contributed by atoms with van der Waals surface area (Å²) in [5.41, 5.74) is 3.55. The molecular formula is C14H18O2. The van der Waals surface area contributed by atoms with Gasteiger partial charge in [0, 0.05) is 5.92 Å². The quantitative estimate of drug-likeness (QED) is 0.828. The van der Waals surface area contributed by atoms with Gasteiger partial charge in [-0.15, -0.1) is 0 Å². The molecule has 1 aliphatic rings. The van der Waals surface area contributed by atoms with Gasteiger partial charge in [-0.25, -0.2) is 0 Å². The number of benzene rings is 1. The fourth-order valence-electron chi connectivity index (χ4n) is 2.96. The van der Waals surface area contributed by atoms with E-state index in [1.165, 1.54) is 16.7 Å². The van der Waals surface area contributed by atoms with Crippen LogP contribution < -0.4 is 0 Å². The van der Waals surface area contributed by atoms with Crippen LogP contribution in [0.4, 0.5) is 0 Å². The lowest BCUT2D eigenvalue weighted by Gasteiger charge is -2.10. The number of aliphatic carboxylic acids is 1. The number of aryl methyl sites for hydroxylation is 2. The van der Waals surface area contributed by atoms with Gasteiger partial charge < -0.3 is 5.11 Å². The molecule has 0 aliphatic heterocycles. The molecule has 16 heavy (non-hydrogen) atoms. The second-order valence-corrected chi connectivity index (χ2v) is 5.42. The molecule has 1 saturated carbocycles. The number of carbonyl (C=O) groups is 1. The van der Waals surface area contributed by atoms with E-state index in [4.69, 9.17) is 0 Å². The van der Waals surface area contributed by atoms with E-state index < -0.39 is 5.97 Å². The van der Waals surface area contributed by atoms with Crippen molar-refractivity contribution in [3.05, 3.63) is 34.9 Å². The van der Waals surface area contributed by atoms with Crippen molar-refractivity contribution in [3.63, 3.8) is 0 Å². The van der Waals surface area contributed by atoms with Crippen molar-refractivity contribution in [3.8, 4) is 0 Å². The Labute approximate surface area is 96.3 Å². The van der Waals surface area contributed by atoms with Crippen LogP contribution in [-0.2, 0) is 4.79 Å². The highest BCUT2D eigenvalue weighted by atomic mass is 16.4. The summed E-state index contributed by atoms with van der Waals surface area (Å²) in [6, 6.07) is 6.16. The van der Waals surface area contributed by atoms with Crippen molar-refractivity contribution in [2.75, 3.05) is 0 Å². The first-order valence-electron chi connectivity index (χ1n) is 5.66. The lowest BCUT2D eigenvalue weighted by molar-refractivity contribution is -0.139. The zero-order chi connectivity index (χ0) is 12.1. The van der Waals surface area contributed by atoms with Crippen LogP contribution in [0.2, 0.25) is 0 Å². The van der Waals surface area contributed by atoms with E-state index in [1.54, 1.807) is 0 Å². The van der Waals surface area contributed by atoms with Gasteiger partial charge in [-0.2, -0.15) is 0 Å². The summed E-state index contributed by atoms with van der Waals surface area (Å²) in [6.45, 7) is 8.22. The van der Waals surface area contributed by atoms with Crippen LogP contribution in [0.15, 0.2) is 18.2 Å². The standard InChI is InChI=1S/C14H18O2/c1-8-6-5-7-9(2)10(8)11-12(13(15)16)14(11,3)4/h5-7,11-12H,1-4H3,(H,15,16)/t11-,12+/m0/s1. The zero-order valence-electron chi connectivity index (χ0n) is 10.2. The van der Waals surface area contributed by atoms with Gasteiger partial charge in [0.25, 0.3) is 0 Å². The maximum Gasteiger partial charge on any atom is 0.307 e. The molecule has 1 N–H and O–H groups in total. The zero-order valence-corrected chi connectivity index (χ0v) is 10.2. The number of carboxylic acid groups (broad SMARTS) is 1. The Hall–Kier alpha value is -1.31. The molecule has 1 aromatic carbocycles. The van der Waals surface area contributed by atoms with Crippen LogP contribution in [0.1, 0.15) is 36.5 Å². The van der Waals surface area contributed by atoms with Gasteiger partial charge in [0.05, 0.1) is 5.92 Å². The third kappa shape index (κ3) is 1.44. The molecule has 0 aromatic heterocycles. The Morgan fingerprint density at radius 1 is 1.25 bits per heavy atom. The van der Waals surface area contributed by atoms with E-state index in [0.717, 1.165) is 0 Å². The second-order valence-electron chi connectivity index (χ2n) is 5.42. The average Bonchev–Trinajstić information content (AvgIpc) is 2.69. The Morgan fingerprint density at radius 3 is 2.12 bits per heavy atom. The largest absolute Gasteiger partial charge is 0.481 e. The molecule has 1 fully saturated rings. The summed E-state index contributed by atoms with van der Waals surface area (Å²) in [5, 5.41) is 9.20. The molecule has 1 aliphatic carbocycles. The molecule has 0 spiro atoms. The molecule has 2 atom stereocenters. The Bertz CT molecular complexity index is 426. The van der Waals surface area contributed by atoms with Crippen LogP contribution in [0.5, 0.6) is 0 Å². The summed E-state index contributed by atoms with van der Waals surface area (Å²) in [7, 11) is 0. The lowest BCUT2D eigenvalue weighted by Crippen LogP contribution is -2.03. The van der Waals surface area contributed by atoms with Gasteiger partial charge >= 0.3 is 5.97 Å². The number of hydrogen-bond donors (Lipinski definition) is 1. The van der Waals surface area contributed by atoms with Gasteiger partial charge in [-0.3, -0.25) is 4.79 Å². The van der Waals surface area contributed by atoms with E-state index in [-0.39, 0.29) is 17.3 Å². The van der Waals surface area contributed by atoms with Gasteiger partial charge in [0.1, 0.15) is 0 Å². The smallest absolute Gasteiger partial charge is 0.307 e. The molecular weight excluding hydrogens is 200 g/mol. The van der Waals surface area contributed by atoms with Crippen molar-refractivity contribution in [1.29, 1.82) is 0 Å². The first-order chi connectivity index (χ1) is 7.37. The number of rotatable bonds is 2. The molecule has 2 rings (SSSR count). The Kier molecular flexibility index (Phi) is 2.33. The molecule has 0 saturated heterocycles. The molecule has 86 valence electrons. The third-order valence-electron chi connectivity index (χ3n) is 3.95. The number of hydrogen-bond acceptors (Lipinski definition) is 1. The van der Waals surface area contributed by atoms with Crippen LogP contribution in [0, 0.1) is 25.2 Å². The summed E-state index contributed by atoms with van der Waals surface area (Å²) in [4.78, 5) is 11.2. The van der Waals surface area contributed by atoms with E-state index >= 15 is 0 Å². The minimum atomic E-state index is -0.669. The molecule has 1 aromatic rings. The van der Waals surface area contributed by atoms with Gasteiger partial charge in [0.2, 0.25) is 0 Å². The third-order valence-corrected chi connectivity index (χ3v) is 3.95. The number of carboxylic acids is 1. The predicted molar refractivity (Wildman–Crippen MR) is 63.6 cm³/mol. The van der Waals surface area contributed by atoms with E-state index in [2.05, 4.69) is 26.0 Å². The minimum absolute atomic E-state index is 0.108. The highest BCUT2D eigenvalue weighted by Crippen LogP contribution is 2.65. The second kappa shape index (κ2) is 3.34. The van der Waals surface area contributed by atoms with E-state index in [9.17, 15) is 9.90 Å². The average molecular weight is 218 g/mol. The minimum Gasteiger partial charge on any atom is -0.481 e. The summed E-state index contributed by atoms with van der Waals surface area (Å²) >= 11 is 0. The summed E-state index contributed by atoms with van der Waals surface area (Å²) in [6.07, 6.45) is 0. The summed E-state index contributed by atoms with van der Waals surface area (Å²) < 4.78 is 0. The van der Waals surface area contributed by atoms with Crippen LogP contribution in [-0.4, -0.2) is 11.1 Å². The first-order valence-corrected chi connectivity index (χ1v) is 5.66. The fraction of sp³-hybridized carbons (Fsp3) is 0.500. The van der Waals surface area contributed by atoms with Gasteiger partial charge in [0.15, 0.2) is 0 Å². The summed E-state index contributed by atoms with van der Waals surface area (Å²) in [5.74, 6) is -0.726. The van der Waals surface area contributed by atoms with Gasteiger partial charge in [-0.05, 0) is 36.0 Å². The van der Waals surface area contributed by atoms with E-state index in [1.807, 2.05) is 19.9 Å². The van der Waals surface area contributed by atoms with Crippen molar-refractivity contribution < 1.29 is 9.90 Å². The van der Waals surface area contributed by atoms with Crippen LogP contribution in [0.3, 0.4) is 0 Å². The topological polar surface area (TPSA) is 37.3 Å². The van der Waals surface area contributed by atoms with Crippen molar-refractivity contribution in [2.45, 2.75) is 33.6 Å². The normalized spacial score (nSPS) is 26.5. The highest BCUT2D eigenvalue weighted by molar-refractivity contribution is 5.78. The molecule has 0 unspecified atom stereocenters. The maximum absolute atomic E-state index is 11.2. The fourth-order valence-corrected chi connectivity index (χ4v) is 2.96. The van der Waals surface area contributed by atoms with Crippen molar-refractivity contribution >= 4 is 5.97 Å².